The monoisotopic (exact) mass is 406 g/mol. The molecule has 5 heteroatoms. The van der Waals surface area contributed by atoms with E-state index in [0.717, 1.165) is 43.2 Å². The SMILES string of the molecule is CC1CCCCN1C(=O)c1cc(Br)cc(C(=O)N2CCCCC2C)c1. The Morgan fingerprint density at radius 2 is 1.28 bits per heavy atom. The lowest BCUT2D eigenvalue weighted by Crippen LogP contribution is -2.43. The van der Waals surface area contributed by atoms with Crippen LogP contribution in [-0.4, -0.2) is 46.8 Å². The minimum atomic E-state index is 0.0363. The molecule has 2 saturated heterocycles. The zero-order chi connectivity index (χ0) is 18.0. The number of amides is 2. The number of likely N-dealkylation sites (tertiary alicyclic amines) is 2. The van der Waals surface area contributed by atoms with E-state index in [0.29, 0.717) is 11.1 Å². The summed E-state index contributed by atoms with van der Waals surface area (Å²) in [7, 11) is 0. The van der Waals surface area contributed by atoms with Gasteiger partial charge in [0.05, 0.1) is 0 Å². The Bertz CT molecular complexity index is 609. The highest BCUT2D eigenvalue weighted by atomic mass is 79.9. The second-order valence-corrected chi connectivity index (χ2v) is 8.33. The molecule has 2 atom stereocenters. The number of hydrogen-bond acceptors (Lipinski definition) is 2. The number of carbonyl (C=O) groups excluding carboxylic acids is 2. The van der Waals surface area contributed by atoms with E-state index >= 15 is 0 Å². The summed E-state index contributed by atoms with van der Waals surface area (Å²) < 4.78 is 0.788. The third-order valence-electron chi connectivity index (χ3n) is 5.52. The van der Waals surface area contributed by atoms with Gasteiger partial charge in [-0.2, -0.15) is 0 Å². The molecule has 3 rings (SSSR count). The maximum Gasteiger partial charge on any atom is 0.254 e. The molecule has 0 aromatic heterocycles. The predicted molar refractivity (Wildman–Crippen MR) is 103 cm³/mol. The Morgan fingerprint density at radius 1 is 0.840 bits per heavy atom. The van der Waals surface area contributed by atoms with Gasteiger partial charge in [-0.05, 0) is 70.6 Å². The van der Waals surface area contributed by atoms with E-state index in [1.807, 2.05) is 21.9 Å². The van der Waals surface area contributed by atoms with E-state index < -0.39 is 0 Å². The normalized spacial score (nSPS) is 24.3. The second kappa shape index (κ2) is 7.90. The van der Waals surface area contributed by atoms with E-state index in [1.165, 1.54) is 12.8 Å². The molecule has 1 aromatic carbocycles. The molecule has 0 spiro atoms. The molecule has 2 aliphatic heterocycles. The first-order valence-electron chi connectivity index (χ1n) is 9.40. The number of piperidine rings is 2. The quantitative estimate of drug-likeness (QED) is 0.726. The number of benzene rings is 1. The van der Waals surface area contributed by atoms with Gasteiger partial charge < -0.3 is 9.80 Å². The van der Waals surface area contributed by atoms with Crippen molar-refractivity contribution in [3.63, 3.8) is 0 Å². The summed E-state index contributed by atoms with van der Waals surface area (Å²) in [6.07, 6.45) is 6.58. The van der Waals surface area contributed by atoms with Crippen LogP contribution in [-0.2, 0) is 0 Å². The van der Waals surface area contributed by atoms with Gasteiger partial charge in [-0.1, -0.05) is 15.9 Å². The van der Waals surface area contributed by atoms with E-state index in [9.17, 15) is 9.59 Å². The van der Waals surface area contributed by atoms with Crippen molar-refractivity contribution in [1.82, 2.24) is 9.80 Å². The lowest BCUT2D eigenvalue weighted by Gasteiger charge is -2.34. The van der Waals surface area contributed by atoms with Crippen LogP contribution in [0.1, 0.15) is 73.1 Å². The zero-order valence-electron chi connectivity index (χ0n) is 15.1. The molecule has 0 N–H and O–H groups in total. The number of rotatable bonds is 2. The summed E-state index contributed by atoms with van der Waals surface area (Å²) in [5.74, 6) is 0.0727. The minimum Gasteiger partial charge on any atom is -0.336 e. The molecule has 0 bridgehead atoms. The molecule has 2 unspecified atom stereocenters. The summed E-state index contributed by atoms with van der Waals surface area (Å²) >= 11 is 3.49. The predicted octanol–water partition coefficient (Wildman–Crippen LogP) is 4.48. The van der Waals surface area contributed by atoms with Crippen LogP contribution in [0.3, 0.4) is 0 Å². The lowest BCUT2D eigenvalue weighted by atomic mass is 10.00. The highest BCUT2D eigenvalue weighted by molar-refractivity contribution is 9.10. The molecule has 0 saturated carbocycles. The number of carbonyl (C=O) groups is 2. The van der Waals surface area contributed by atoms with Crippen molar-refractivity contribution in [2.45, 2.75) is 64.5 Å². The summed E-state index contributed by atoms with van der Waals surface area (Å²) in [5, 5.41) is 0. The van der Waals surface area contributed by atoms with Gasteiger partial charge in [0.25, 0.3) is 11.8 Å². The van der Waals surface area contributed by atoms with Crippen LogP contribution in [0.5, 0.6) is 0 Å². The molecule has 2 fully saturated rings. The van der Waals surface area contributed by atoms with Crippen LogP contribution in [0.2, 0.25) is 0 Å². The highest BCUT2D eigenvalue weighted by Gasteiger charge is 2.27. The largest absolute Gasteiger partial charge is 0.336 e. The van der Waals surface area contributed by atoms with E-state index in [4.69, 9.17) is 0 Å². The second-order valence-electron chi connectivity index (χ2n) is 7.42. The topological polar surface area (TPSA) is 40.6 Å². The van der Waals surface area contributed by atoms with Crippen molar-refractivity contribution in [2.24, 2.45) is 0 Å². The van der Waals surface area contributed by atoms with Crippen LogP contribution >= 0.6 is 15.9 Å². The summed E-state index contributed by atoms with van der Waals surface area (Å²) in [5.41, 5.74) is 1.22. The van der Waals surface area contributed by atoms with Gasteiger partial charge in [0.15, 0.2) is 0 Å². The van der Waals surface area contributed by atoms with Crippen molar-refractivity contribution in [3.8, 4) is 0 Å². The molecular formula is C20H27BrN2O2. The molecule has 25 heavy (non-hydrogen) atoms. The molecular weight excluding hydrogens is 380 g/mol. The Balaban J connectivity index is 1.85. The third kappa shape index (κ3) is 4.08. The van der Waals surface area contributed by atoms with Crippen LogP contribution in [0.25, 0.3) is 0 Å². The Hall–Kier alpha value is -1.36. The van der Waals surface area contributed by atoms with Crippen molar-refractivity contribution in [2.75, 3.05) is 13.1 Å². The number of nitrogens with zero attached hydrogens (tertiary/aromatic N) is 2. The Kier molecular flexibility index (Phi) is 5.82. The third-order valence-corrected chi connectivity index (χ3v) is 5.98. The molecule has 2 heterocycles. The van der Waals surface area contributed by atoms with Crippen molar-refractivity contribution in [1.29, 1.82) is 0 Å². The maximum atomic E-state index is 13.0. The summed E-state index contributed by atoms with van der Waals surface area (Å²) in [6.45, 7) is 5.82. The van der Waals surface area contributed by atoms with E-state index in [2.05, 4.69) is 29.8 Å². The van der Waals surface area contributed by atoms with E-state index in [-0.39, 0.29) is 23.9 Å². The Morgan fingerprint density at radius 3 is 1.68 bits per heavy atom. The molecule has 0 radical (unpaired) electrons. The van der Waals surface area contributed by atoms with Crippen LogP contribution in [0.15, 0.2) is 22.7 Å². The molecule has 4 nitrogen and oxygen atoms in total. The Labute approximate surface area is 158 Å². The standard InChI is InChI=1S/C20H27BrN2O2/c1-14-7-3-5-9-22(14)19(24)16-11-17(13-18(21)12-16)20(25)23-10-6-4-8-15(23)2/h11-15H,3-10H2,1-2H3. The van der Waals surface area contributed by atoms with Gasteiger partial charge in [0.2, 0.25) is 0 Å². The van der Waals surface area contributed by atoms with Crippen LogP contribution in [0.4, 0.5) is 0 Å². The highest BCUT2D eigenvalue weighted by Crippen LogP contribution is 2.25. The average Bonchev–Trinajstić information content (AvgIpc) is 2.61. The van der Waals surface area contributed by atoms with Crippen molar-refractivity contribution >= 4 is 27.7 Å². The maximum absolute atomic E-state index is 13.0. The van der Waals surface area contributed by atoms with E-state index in [1.54, 1.807) is 6.07 Å². The molecule has 2 aliphatic rings. The molecule has 1 aromatic rings. The van der Waals surface area contributed by atoms with Crippen molar-refractivity contribution < 1.29 is 9.59 Å². The van der Waals surface area contributed by atoms with Crippen LogP contribution in [0, 0.1) is 0 Å². The number of halogens is 1. The fourth-order valence-corrected chi connectivity index (χ4v) is 4.46. The smallest absolute Gasteiger partial charge is 0.254 e. The van der Waals surface area contributed by atoms with Gasteiger partial charge in [0.1, 0.15) is 0 Å². The summed E-state index contributed by atoms with van der Waals surface area (Å²) in [4.78, 5) is 29.8. The van der Waals surface area contributed by atoms with Crippen molar-refractivity contribution in [3.05, 3.63) is 33.8 Å². The first-order chi connectivity index (χ1) is 12.0. The van der Waals surface area contributed by atoms with Crippen LogP contribution < -0.4 is 0 Å². The first kappa shape index (κ1) is 18.4. The fraction of sp³-hybridized carbons (Fsp3) is 0.600. The summed E-state index contributed by atoms with van der Waals surface area (Å²) in [6, 6.07) is 5.97. The lowest BCUT2D eigenvalue weighted by molar-refractivity contribution is 0.0634. The molecule has 0 aliphatic carbocycles. The van der Waals surface area contributed by atoms with Gasteiger partial charge in [-0.15, -0.1) is 0 Å². The van der Waals surface area contributed by atoms with Gasteiger partial charge in [-0.3, -0.25) is 9.59 Å². The molecule has 2 amide bonds. The number of hydrogen-bond donors (Lipinski definition) is 0. The average molecular weight is 407 g/mol. The first-order valence-corrected chi connectivity index (χ1v) is 10.2. The molecule has 136 valence electrons. The van der Waals surface area contributed by atoms with Gasteiger partial charge in [-0.25, -0.2) is 0 Å². The fourth-order valence-electron chi connectivity index (χ4n) is 3.97. The zero-order valence-corrected chi connectivity index (χ0v) is 16.7. The van der Waals surface area contributed by atoms with Gasteiger partial charge >= 0.3 is 0 Å². The van der Waals surface area contributed by atoms with Gasteiger partial charge in [0, 0.05) is 40.8 Å². The minimum absolute atomic E-state index is 0.0363.